The number of piperidine rings is 1. The highest BCUT2D eigenvalue weighted by Gasteiger charge is 2.62. The number of hydrogen-bond acceptors (Lipinski definition) is 2. The standard InChI is InChI=1S/C17H23FN2O2/c1-16-8-9-17(2,20(16)15(21)22)14(18)13(10-16)19-11-12-6-4-3-5-7-12/h3-7,13-14,19H,8-11H2,1-2H3,(H,21,22)/t13-,14-,16-,17+/m1/s1. The van der Waals surface area contributed by atoms with E-state index in [0.29, 0.717) is 19.4 Å². The fourth-order valence-electron chi connectivity index (χ4n) is 4.30. The lowest BCUT2D eigenvalue weighted by molar-refractivity contribution is -0.0450. The molecule has 1 aromatic rings. The van der Waals surface area contributed by atoms with Crippen molar-refractivity contribution in [1.29, 1.82) is 0 Å². The van der Waals surface area contributed by atoms with Gasteiger partial charge in [0.25, 0.3) is 0 Å². The van der Waals surface area contributed by atoms with Crippen molar-refractivity contribution in [2.75, 3.05) is 0 Å². The Balaban J connectivity index is 1.77. The van der Waals surface area contributed by atoms with Crippen molar-refractivity contribution in [2.45, 2.75) is 62.9 Å². The molecule has 2 saturated heterocycles. The average molecular weight is 306 g/mol. The van der Waals surface area contributed by atoms with Crippen molar-refractivity contribution in [3.63, 3.8) is 0 Å². The van der Waals surface area contributed by atoms with Crippen LogP contribution in [0.3, 0.4) is 0 Å². The van der Waals surface area contributed by atoms with Gasteiger partial charge in [0.1, 0.15) is 6.17 Å². The van der Waals surface area contributed by atoms with Crippen LogP contribution in [0.15, 0.2) is 30.3 Å². The lowest BCUT2D eigenvalue weighted by Crippen LogP contribution is -2.68. The maximum Gasteiger partial charge on any atom is 0.408 e. The molecule has 2 bridgehead atoms. The molecular formula is C17H23FN2O2. The summed E-state index contributed by atoms with van der Waals surface area (Å²) < 4.78 is 15.0. The number of carboxylic acid groups (broad SMARTS) is 1. The molecule has 5 heteroatoms. The predicted molar refractivity (Wildman–Crippen MR) is 82.5 cm³/mol. The Hall–Kier alpha value is -1.62. The lowest BCUT2D eigenvalue weighted by atomic mass is 9.81. The first kappa shape index (κ1) is 15.3. The van der Waals surface area contributed by atoms with Gasteiger partial charge in [0.15, 0.2) is 0 Å². The van der Waals surface area contributed by atoms with Gasteiger partial charge in [0.05, 0.1) is 5.54 Å². The Labute approximate surface area is 130 Å². The van der Waals surface area contributed by atoms with Crippen LogP contribution in [-0.4, -0.2) is 39.4 Å². The van der Waals surface area contributed by atoms with Crippen LogP contribution in [0.25, 0.3) is 0 Å². The Morgan fingerprint density at radius 1 is 1.36 bits per heavy atom. The van der Waals surface area contributed by atoms with E-state index in [-0.39, 0.29) is 6.04 Å². The van der Waals surface area contributed by atoms with Gasteiger partial charge in [-0.15, -0.1) is 0 Å². The third kappa shape index (κ3) is 2.28. The molecule has 4 nitrogen and oxygen atoms in total. The summed E-state index contributed by atoms with van der Waals surface area (Å²) in [5.74, 6) is 0. The summed E-state index contributed by atoms with van der Waals surface area (Å²) >= 11 is 0. The molecule has 1 aromatic carbocycles. The summed E-state index contributed by atoms with van der Waals surface area (Å²) in [7, 11) is 0. The van der Waals surface area contributed by atoms with Gasteiger partial charge in [-0.3, -0.25) is 4.90 Å². The number of benzene rings is 1. The van der Waals surface area contributed by atoms with Crippen LogP contribution in [0.2, 0.25) is 0 Å². The van der Waals surface area contributed by atoms with Crippen molar-refractivity contribution in [3.05, 3.63) is 35.9 Å². The molecule has 22 heavy (non-hydrogen) atoms. The number of rotatable bonds is 3. The maximum atomic E-state index is 15.0. The summed E-state index contributed by atoms with van der Waals surface area (Å²) in [5.41, 5.74) is -0.289. The fourth-order valence-corrected chi connectivity index (χ4v) is 4.30. The average Bonchev–Trinajstić information content (AvgIpc) is 2.71. The van der Waals surface area contributed by atoms with Crippen LogP contribution in [0.5, 0.6) is 0 Å². The van der Waals surface area contributed by atoms with Crippen molar-refractivity contribution in [2.24, 2.45) is 0 Å². The van der Waals surface area contributed by atoms with Crippen molar-refractivity contribution in [3.8, 4) is 0 Å². The molecule has 2 fully saturated rings. The van der Waals surface area contributed by atoms with Gasteiger partial charge in [-0.05, 0) is 38.7 Å². The topological polar surface area (TPSA) is 52.6 Å². The van der Waals surface area contributed by atoms with E-state index in [1.807, 2.05) is 37.3 Å². The minimum atomic E-state index is -1.19. The summed E-state index contributed by atoms with van der Waals surface area (Å²) in [6, 6.07) is 9.57. The maximum absolute atomic E-state index is 15.0. The molecule has 0 saturated carbocycles. The Bertz CT molecular complexity index is 567. The van der Waals surface area contributed by atoms with E-state index in [2.05, 4.69) is 5.32 Å². The second kappa shape index (κ2) is 5.23. The Morgan fingerprint density at radius 3 is 2.68 bits per heavy atom. The van der Waals surface area contributed by atoms with E-state index in [1.54, 1.807) is 6.92 Å². The Kier molecular flexibility index (Phi) is 3.63. The quantitative estimate of drug-likeness (QED) is 0.902. The molecule has 4 atom stereocenters. The van der Waals surface area contributed by atoms with Gasteiger partial charge < -0.3 is 10.4 Å². The fraction of sp³-hybridized carbons (Fsp3) is 0.588. The van der Waals surface area contributed by atoms with Crippen LogP contribution in [0, 0.1) is 0 Å². The van der Waals surface area contributed by atoms with E-state index in [9.17, 15) is 9.90 Å². The second-order valence-corrected chi connectivity index (χ2v) is 7.05. The van der Waals surface area contributed by atoms with Gasteiger partial charge >= 0.3 is 6.09 Å². The summed E-state index contributed by atoms with van der Waals surface area (Å²) in [4.78, 5) is 13.0. The largest absolute Gasteiger partial charge is 0.465 e. The summed E-state index contributed by atoms with van der Waals surface area (Å²) in [6.07, 6.45) is -0.377. The van der Waals surface area contributed by atoms with E-state index >= 15 is 4.39 Å². The van der Waals surface area contributed by atoms with Gasteiger partial charge in [0, 0.05) is 18.1 Å². The van der Waals surface area contributed by atoms with Gasteiger partial charge in [-0.25, -0.2) is 9.18 Å². The molecule has 0 aromatic heterocycles. The van der Waals surface area contributed by atoms with E-state index in [4.69, 9.17) is 0 Å². The van der Waals surface area contributed by atoms with Crippen molar-refractivity contribution in [1.82, 2.24) is 10.2 Å². The summed E-state index contributed by atoms with van der Waals surface area (Å²) in [6.45, 7) is 4.29. The zero-order chi connectivity index (χ0) is 16.0. The number of nitrogens with one attached hydrogen (secondary N) is 1. The monoisotopic (exact) mass is 306 g/mol. The van der Waals surface area contributed by atoms with Crippen LogP contribution in [-0.2, 0) is 6.54 Å². The zero-order valence-electron chi connectivity index (χ0n) is 13.1. The molecule has 0 unspecified atom stereocenters. The number of nitrogens with zero attached hydrogens (tertiary/aromatic N) is 1. The molecule has 2 aliphatic rings. The molecular weight excluding hydrogens is 283 g/mol. The number of alkyl halides is 1. The van der Waals surface area contributed by atoms with Crippen LogP contribution >= 0.6 is 0 Å². The predicted octanol–water partition coefficient (Wildman–Crippen LogP) is 3.18. The first-order chi connectivity index (χ1) is 10.4. The molecule has 0 spiro atoms. The van der Waals surface area contributed by atoms with Crippen molar-refractivity contribution < 1.29 is 14.3 Å². The number of hydrogen-bond donors (Lipinski definition) is 2. The molecule has 2 heterocycles. The molecule has 3 rings (SSSR count). The zero-order valence-corrected chi connectivity index (χ0v) is 13.1. The summed E-state index contributed by atoms with van der Waals surface area (Å²) in [5, 5.41) is 12.8. The Morgan fingerprint density at radius 2 is 2.05 bits per heavy atom. The highest BCUT2D eigenvalue weighted by Crippen LogP contribution is 2.51. The third-order valence-corrected chi connectivity index (χ3v) is 5.43. The molecule has 120 valence electrons. The number of carbonyl (C=O) groups is 1. The van der Waals surface area contributed by atoms with E-state index in [1.165, 1.54) is 4.90 Å². The normalized spacial score (nSPS) is 37.3. The second-order valence-electron chi connectivity index (χ2n) is 7.05. The van der Waals surface area contributed by atoms with Crippen LogP contribution in [0.1, 0.15) is 38.7 Å². The molecule has 2 aliphatic heterocycles. The van der Waals surface area contributed by atoms with Crippen LogP contribution < -0.4 is 5.32 Å². The van der Waals surface area contributed by atoms with Gasteiger partial charge in [-0.2, -0.15) is 0 Å². The van der Waals surface area contributed by atoms with Crippen molar-refractivity contribution >= 4 is 6.09 Å². The smallest absolute Gasteiger partial charge is 0.408 e. The minimum absolute atomic E-state index is 0.312. The molecule has 1 amide bonds. The third-order valence-electron chi connectivity index (χ3n) is 5.43. The first-order valence-electron chi connectivity index (χ1n) is 7.81. The van der Waals surface area contributed by atoms with E-state index < -0.39 is 23.3 Å². The SMILES string of the molecule is C[C@@]12CC[C@@](C)([C@H](F)[C@H](NCc3ccccc3)C1)N2C(=O)O. The number of halogens is 1. The molecule has 0 radical (unpaired) electrons. The highest BCUT2D eigenvalue weighted by atomic mass is 19.1. The van der Waals surface area contributed by atoms with E-state index in [0.717, 1.165) is 12.0 Å². The lowest BCUT2D eigenvalue weighted by Gasteiger charge is -2.51. The van der Waals surface area contributed by atoms with Gasteiger partial charge in [0.2, 0.25) is 0 Å². The highest BCUT2D eigenvalue weighted by molar-refractivity contribution is 5.68. The molecule has 0 aliphatic carbocycles. The first-order valence-corrected chi connectivity index (χ1v) is 7.81. The number of fused-ring (bicyclic) bond motifs is 2. The van der Waals surface area contributed by atoms with Crippen LogP contribution in [0.4, 0.5) is 9.18 Å². The number of amides is 1. The minimum Gasteiger partial charge on any atom is -0.465 e. The van der Waals surface area contributed by atoms with Gasteiger partial charge in [-0.1, -0.05) is 30.3 Å². The molecule has 2 N–H and O–H groups in total.